The topological polar surface area (TPSA) is 102 Å². The molecule has 2 aromatic carbocycles. The maximum absolute atomic E-state index is 14.1. The Balaban J connectivity index is 1.55. The van der Waals surface area contributed by atoms with E-state index in [-0.39, 0.29) is 42.4 Å². The SMILES string of the molecule is COC(=O)C1=C(Nc2cc(Cl)ccc2N2CCN(C(=O)c3ccccc3F)CC2)C(=O)N(CCO)C1. The van der Waals surface area contributed by atoms with Crippen LogP contribution in [-0.2, 0) is 14.3 Å². The van der Waals surface area contributed by atoms with Gasteiger partial charge >= 0.3 is 5.97 Å². The van der Waals surface area contributed by atoms with Crippen LogP contribution in [0.2, 0.25) is 5.02 Å². The van der Waals surface area contributed by atoms with Crippen LogP contribution in [0.4, 0.5) is 15.8 Å². The lowest BCUT2D eigenvalue weighted by atomic mass is 10.1. The molecule has 2 aromatic rings. The number of hydrogen-bond acceptors (Lipinski definition) is 7. The third-order valence-electron chi connectivity index (χ3n) is 6.18. The predicted molar refractivity (Wildman–Crippen MR) is 132 cm³/mol. The fourth-order valence-corrected chi connectivity index (χ4v) is 4.50. The highest BCUT2D eigenvalue weighted by atomic mass is 35.5. The summed E-state index contributed by atoms with van der Waals surface area (Å²) in [6, 6.07) is 11.1. The molecule has 0 radical (unpaired) electrons. The first-order chi connectivity index (χ1) is 17.3. The van der Waals surface area contributed by atoms with E-state index in [2.05, 4.69) is 5.32 Å². The second-order valence-electron chi connectivity index (χ2n) is 8.34. The van der Waals surface area contributed by atoms with Crippen LogP contribution in [0, 0.1) is 5.82 Å². The maximum atomic E-state index is 14.1. The summed E-state index contributed by atoms with van der Waals surface area (Å²) < 4.78 is 18.9. The largest absolute Gasteiger partial charge is 0.466 e. The molecule has 0 unspecified atom stereocenters. The van der Waals surface area contributed by atoms with Gasteiger partial charge in [-0.05, 0) is 30.3 Å². The minimum atomic E-state index is -0.643. The van der Waals surface area contributed by atoms with E-state index in [9.17, 15) is 23.9 Å². The molecule has 2 aliphatic rings. The Kier molecular flexibility index (Phi) is 7.76. The molecule has 0 aliphatic carbocycles. The summed E-state index contributed by atoms with van der Waals surface area (Å²) in [5.41, 5.74) is 1.48. The third kappa shape index (κ3) is 5.14. The molecule has 1 fully saturated rings. The quantitative estimate of drug-likeness (QED) is 0.543. The first-order valence-electron chi connectivity index (χ1n) is 11.4. The lowest BCUT2D eigenvalue weighted by Gasteiger charge is -2.37. The lowest BCUT2D eigenvalue weighted by Crippen LogP contribution is -2.49. The van der Waals surface area contributed by atoms with E-state index in [4.69, 9.17) is 16.3 Å². The Morgan fingerprint density at radius 3 is 2.53 bits per heavy atom. The maximum Gasteiger partial charge on any atom is 0.337 e. The van der Waals surface area contributed by atoms with Crippen LogP contribution in [0.5, 0.6) is 0 Å². The van der Waals surface area contributed by atoms with E-state index < -0.39 is 17.7 Å². The van der Waals surface area contributed by atoms with Gasteiger partial charge < -0.3 is 29.9 Å². The van der Waals surface area contributed by atoms with E-state index in [1.165, 1.54) is 30.2 Å². The second-order valence-corrected chi connectivity index (χ2v) is 8.78. The van der Waals surface area contributed by atoms with Gasteiger partial charge in [0.25, 0.3) is 11.8 Å². The van der Waals surface area contributed by atoms with E-state index in [1.54, 1.807) is 29.2 Å². The van der Waals surface area contributed by atoms with Crippen molar-refractivity contribution in [2.24, 2.45) is 0 Å². The predicted octanol–water partition coefficient (Wildman–Crippen LogP) is 2.12. The van der Waals surface area contributed by atoms with Crippen LogP contribution in [0.1, 0.15) is 10.4 Å². The molecule has 2 N–H and O–H groups in total. The van der Waals surface area contributed by atoms with Gasteiger partial charge in [0, 0.05) is 37.7 Å². The monoisotopic (exact) mass is 516 g/mol. The Morgan fingerprint density at radius 1 is 1.14 bits per heavy atom. The number of esters is 1. The molecule has 2 heterocycles. The summed E-state index contributed by atoms with van der Waals surface area (Å²) in [6.45, 7) is 1.51. The van der Waals surface area contributed by atoms with Crippen molar-refractivity contribution >= 4 is 40.8 Å². The van der Waals surface area contributed by atoms with Gasteiger partial charge in [0.05, 0.1) is 42.8 Å². The number of amides is 2. The van der Waals surface area contributed by atoms with Crippen molar-refractivity contribution in [3.63, 3.8) is 0 Å². The summed E-state index contributed by atoms with van der Waals surface area (Å²) in [6.07, 6.45) is 0. The lowest BCUT2D eigenvalue weighted by molar-refractivity contribution is -0.136. The van der Waals surface area contributed by atoms with Gasteiger partial charge in [0.15, 0.2) is 0 Å². The number of ether oxygens (including phenoxy) is 1. The minimum Gasteiger partial charge on any atom is -0.466 e. The normalized spacial score (nSPS) is 16.0. The fourth-order valence-electron chi connectivity index (χ4n) is 4.32. The molecule has 0 spiro atoms. The van der Waals surface area contributed by atoms with Gasteiger partial charge in [-0.15, -0.1) is 0 Å². The molecule has 190 valence electrons. The average molecular weight is 517 g/mol. The highest BCUT2D eigenvalue weighted by Gasteiger charge is 2.35. The Hall–Kier alpha value is -3.63. The number of piperazine rings is 1. The Morgan fingerprint density at radius 2 is 1.86 bits per heavy atom. The number of anilines is 2. The molecule has 1 saturated heterocycles. The van der Waals surface area contributed by atoms with Crippen LogP contribution in [0.3, 0.4) is 0 Å². The van der Waals surface area contributed by atoms with Crippen molar-refractivity contribution in [3.8, 4) is 0 Å². The molecule has 2 aliphatic heterocycles. The van der Waals surface area contributed by atoms with Gasteiger partial charge in [-0.2, -0.15) is 0 Å². The number of nitrogens with one attached hydrogen (secondary N) is 1. The van der Waals surface area contributed by atoms with Crippen molar-refractivity contribution in [3.05, 3.63) is 70.1 Å². The molecule has 0 bridgehead atoms. The van der Waals surface area contributed by atoms with Crippen molar-refractivity contribution in [2.45, 2.75) is 0 Å². The highest BCUT2D eigenvalue weighted by Crippen LogP contribution is 2.33. The number of carbonyl (C=O) groups is 3. The number of methoxy groups -OCH3 is 1. The molecular weight excluding hydrogens is 491 g/mol. The van der Waals surface area contributed by atoms with Crippen LogP contribution >= 0.6 is 11.6 Å². The molecule has 0 atom stereocenters. The first-order valence-corrected chi connectivity index (χ1v) is 11.8. The first kappa shape index (κ1) is 25.5. The summed E-state index contributed by atoms with van der Waals surface area (Å²) in [7, 11) is 1.24. The zero-order valence-electron chi connectivity index (χ0n) is 19.7. The van der Waals surface area contributed by atoms with Crippen molar-refractivity contribution in [2.75, 3.05) is 63.2 Å². The van der Waals surface area contributed by atoms with Crippen molar-refractivity contribution in [1.29, 1.82) is 0 Å². The van der Waals surface area contributed by atoms with Crippen LogP contribution in [0.15, 0.2) is 53.7 Å². The van der Waals surface area contributed by atoms with Gasteiger partial charge in [-0.1, -0.05) is 23.7 Å². The molecule has 36 heavy (non-hydrogen) atoms. The van der Waals surface area contributed by atoms with Gasteiger partial charge in [0.2, 0.25) is 0 Å². The average Bonchev–Trinajstić information content (AvgIpc) is 3.19. The molecule has 2 amide bonds. The van der Waals surface area contributed by atoms with Crippen LogP contribution < -0.4 is 10.2 Å². The van der Waals surface area contributed by atoms with Crippen LogP contribution in [-0.4, -0.2) is 85.7 Å². The standard InChI is InChI=1S/C25H26ClFN4O5/c1-36-25(35)18-15-31(12-13-32)24(34)22(18)28-20-14-16(26)6-7-21(20)29-8-10-30(11-9-29)23(33)17-4-2-3-5-19(17)27/h2-7,14,28,32H,8-13,15H2,1H3. The molecular formula is C25H26ClFN4O5. The summed E-state index contributed by atoms with van der Waals surface area (Å²) >= 11 is 6.25. The Bertz CT molecular complexity index is 1210. The highest BCUT2D eigenvalue weighted by molar-refractivity contribution is 6.31. The number of halogens is 2. The molecule has 11 heteroatoms. The Labute approximate surface area is 212 Å². The van der Waals surface area contributed by atoms with E-state index in [1.807, 2.05) is 4.90 Å². The van der Waals surface area contributed by atoms with Crippen molar-refractivity contribution < 1.29 is 28.6 Å². The number of carbonyl (C=O) groups excluding carboxylic acids is 3. The number of aliphatic hydroxyl groups excluding tert-OH is 1. The van der Waals surface area contributed by atoms with Gasteiger partial charge in [0.1, 0.15) is 11.5 Å². The number of aliphatic hydroxyl groups is 1. The summed E-state index contributed by atoms with van der Waals surface area (Å²) in [5, 5.41) is 12.8. The summed E-state index contributed by atoms with van der Waals surface area (Å²) in [5.74, 6) is -2.00. The molecule has 0 aromatic heterocycles. The zero-order chi connectivity index (χ0) is 25.8. The molecule has 4 rings (SSSR count). The second kappa shape index (κ2) is 11.0. The minimum absolute atomic E-state index is 0.0150. The van der Waals surface area contributed by atoms with Crippen molar-refractivity contribution in [1.82, 2.24) is 9.80 Å². The molecule has 0 saturated carbocycles. The summed E-state index contributed by atoms with van der Waals surface area (Å²) in [4.78, 5) is 43.0. The zero-order valence-corrected chi connectivity index (χ0v) is 20.4. The smallest absolute Gasteiger partial charge is 0.337 e. The number of β-amino-alcohol motifs (C(OH)–C–C–N with tert-alkyl or cyclic N) is 1. The molecule has 9 nitrogen and oxygen atoms in total. The third-order valence-corrected chi connectivity index (χ3v) is 6.42. The van der Waals surface area contributed by atoms with Crippen LogP contribution in [0.25, 0.3) is 0 Å². The van der Waals surface area contributed by atoms with E-state index >= 15 is 0 Å². The van der Waals surface area contributed by atoms with Gasteiger partial charge in [-0.25, -0.2) is 9.18 Å². The number of rotatable bonds is 7. The number of benzene rings is 2. The van der Waals surface area contributed by atoms with Gasteiger partial charge in [-0.3, -0.25) is 9.59 Å². The number of nitrogens with zero attached hydrogens (tertiary/aromatic N) is 3. The number of hydrogen-bond donors (Lipinski definition) is 2. The fraction of sp³-hybridized carbons (Fsp3) is 0.320. The van der Waals surface area contributed by atoms with E-state index in [0.717, 1.165) is 5.69 Å². The van der Waals surface area contributed by atoms with E-state index in [0.29, 0.717) is 36.9 Å².